The van der Waals surface area contributed by atoms with Gasteiger partial charge in [0.05, 0.1) is 44.2 Å². The van der Waals surface area contributed by atoms with E-state index in [1.165, 1.54) is 0 Å². The Morgan fingerprint density at radius 3 is 1.56 bits per heavy atom. The van der Waals surface area contributed by atoms with Gasteiger partial charge < -0.3 is 43.8 Å². The molecule has 4 unspecified atom stereocenters. The highest BCUT2D eigenvalue weighted by Gasteiger charge is 2.41. The number of carbonyl (C=O) groups is 10. The van der Waals surface area contributed by atoms with E-state index in [1.807, 2.05) is 0 Å². The van der Waals surface area contributed by atoms with Crippen LogP contribution in [0.4, 0.5) is 5.69 Å². The molecule has 1 rings (SSSR count). The zero-order valence-electron chi connectivity index (χ0n) is 30.0. The summed E-state index contributed by atoms with van der Waals surface area (Å²) in [5.74, 6) is -9.57. The first-order chi connectivity index (χ1) is 25.5. The Morgan fingerprint density at radius 2 is 1.09 bits per heavy atom. The van der Waals surface area contributed by atoms with Crippen LogP contribution in [0.1, 0.15) is 62.3 Å². The minimum Gasteiger partial charge on any atom is -0.466 e. The minimum absolute atomic E-state index is 0.0322. The third-order valence-corrected chi connectivity index (χ3v) is 9.77. The predicted octanol–water partition coefficient (Wildman–Crippen LogP) is 1.79. The van der Waals surface area contributed by atoms with Gasteiger partial charge in [0.15, 0.2) is 12.2 Å². The van der Waals surface area contributed by atoms with Gasteiger partial charge in [0, 0.05) is 56.9 Å². The SMILES string of the molecule is COC(=O)C(OC(C)=O)C(OC(C)=O)C(=O)Nc1c(I)c(C(=O)NCC(COC(C)=O)OC(C)=O)c(I)c(C(=O)N(Cl)CC(COC(C)=O)OC(C)=O)c1I. The van der Waals surface area contributed by atoms with Crippen LogP contribution in [0.15, 0.2) is 0 Å². The van der Waals surface area contributed by atoms with Crippen molar-refractivity contribution < 1.29 is 81.1 Å². The summed E-state index contributed by atoms with van der Waals surface area (Å²) in [7, 11) is 0.920. The Kier molecular flexibility index (Phi) is 21.1. The molecule has 1 aromatic carbocycles. The van der Waals surface area contributed by atoms with Crippen LogP contribution in [0, 0.1) is 10.7 Å². The molecular formula is C31H35ClI3N3O17. The molecule has 0 aromatic heterocycles. The number of esters is 7. The van der Waals surface area contributed by atoms with Gasteiger partial charge in [-0.15, -0.1) is 0 Å². The van der Waals surface area contributed by atoms with Gasteiger partial charge >= 0.3 is 41.8 Å². The predicted molar refractivity (Wildman–Crippen MR) is 210 cm³/mol. The monoisotopic (exact) mass is 1140 g/mol. The van der Waals surface area contributed by atoms with Crippen LogP contribution >= 0.6 is 79.5 Å². The molecule has 3 amide bonds. The van der Waals surface area contributed by atoms with Crippen LogP contribution < -0.4 is 10.6 Å². The van der Waals surface area contributed by atoms with Gasteiger partial charge in [-0.1, -0.05) is 0 Å². The van der Waals surface area contributed by atoms with E-state index in [-0.39, 0.29) is 27.5 Å². The first-order valence-electron chi connectivity index (χ1n) is 15.3. The van der Waals surface area contributed by atoms with Crippen molar-refractivity contribution in [3.63, 3.8) is 0 Å². The fraction of sp³-hybridized carbons (Fsp3) is 0.484. The lowest BCUT2D eigenvalue weighted by Crippen LogP contribution is -2.48. The van der Waals surface area contributed by atoms with Gasteiger partial charge in [-0.25, -0.2) is 9.21 Å². The van der Waals surface area contributed by atoms with E-state index < -0.39 is 110 Å². The number of benzene rings is 1. The van der Waals surface area contributed by atoms with E-state index in [2.05, 4.69) is 15.4 Å². The van der Waals surface area contributed by atoms with Crippen molar-refractivity contribution in [3.05, 3.63) is 21.8 Å². The molecule has 55 heavy (non-hydrogen) atoms. The summed E-state index contributed by atoms with van der Waals surface area (Å²) in [5.41, 5.74) is -0.831. The third kappa shape index (κ3) is 16.2. The molecule has 0 bridgehead atoms. The fourth-order valence-electron chi connectivity index (χ4n) is 4.14. The Labute approximate surface area is 359 Å². The van der Waals surface area contributed by atoms with E-state index in [0.29, 0.717) is 4.42 Å². The fourth-order valence-corrected chi connectivity index (χ4v) is 8.77. The second-order valence-electron chi connectivity index (χ2n) is 10.8. The molecule has 0 aliphatic carbocycles. The molecule has 0 fully saturated rings. The molecular weight excluding hydrogens is 1100 g/mol. The number of carbonyl (C=O) groups excluding carboxylic acids is 10. The van der Waals surface area contributed by atoms with Crippen molar-refractivity contribution in [1.82, 2.24) is 9.74 Å². The van der Waals surface area contributed by atoms with E-state index in [9.17, 15) is 47.9 Å². The lowest BCUT2D eigenvalue weighted by Gasteiger charge is -2.26. The highest BCUT2D eigenvalue weighted by molar-refractivity contribution is 14.1. The molecule has 0 radical (unpaired) electrons. The van der Waals surface area contributed by atoms with Crippen molar-refractivity contribution in [2.45, 2.75) is 66.0 Å². The van der Waals surface area contributed by atoms with Crippen molar-refractivity contribution in [1.29, 1.82) is 0 Å². The van der Waals surface area contributed by atoms with Crippen molar-refractivity contribution in [3.8, 4) is 0 Å². The molecule has 0 heterocycles. The molecule has 1 aromatic rings. The van der Waals surface area contributed by atoms with E-state index in [4.69, 9.17) is 40.2 Å². The average molecular weight is 1140 g/mol. The van der Waals surface area contributed by atoms with Gasteiger partial charge in [-0.2, -0.15) is 0 Å². The van der Waals surface area contributed by atoms with Crippen LogP contribution in [-0.4, -0.2) is 122 Å². The number of nitrogens with one attached hydrogen (secondary N) is 2. The van der Waals surface area contributed by atoms with E-state index >= 15 is 0 Å². The number of anilines is 1. The first-order valence-corrected chi connectivity index (χ1v) is 18.9. The number of nitrogens with zero attached hydrogens (tertiary/aromatic N) is 1. The van der Waals surface area contributed by atoms with Crippen LogP contribution in [0.25, 0.3) is 0 Å². The molecule has 4 atom stereocenters. The van der Waals surface area contributed by atoms with Crippen LogP contribution in [0.5, 0.6) is 0 Å². The number of hydrogen-bond donors (Lipinski definition) is 2. The molecule has 20 nitrogen and oxygen atoms in total. The maximum Gasteiger partial charge on any atom is 0.351 e. The van der Waals surface area contributed by atoms with Gasteiger partial charge in [0.25, 0.3) is 17.7 Å². The number of halogens is 4. The van der Waals surface area contributed by atoms with Gasteiger partial charge in [-0.3, -0.25) is 43.2 Å². The molecule has 0 saturated heterocycles. The zero-order valence-corrected chi connectivity index (χ0v) is 37.3. The highest BCUT2D eigenvalue weighted by Crippen LogP contribution is 2.37. The Balaban J connectivity index is 3.95. The summed E-state index contributed by atoms with van der Waals surface area (Å²) in [4.78, 5) is 124. The number of ether oxygens (including phenoxy) is 7. The van der Waals surface area contributed by atoms with Gasteiger partial charge in [0.2, 0.25) is 12.2 Å². The second-order valence-corrected chi connectivity index (χ2v) is 14.4. The summed E-state index contributed by atoms with van der Waals surface area (Å²) in [6, 6.07) is 0. The molecule has 24 heteroatoms. The topological polar surface area (TPSA) is 263 Å². The highest BCUT2D eigenvalue weighted by atomic mass is 127. The minimum atomic E-state index is -2.16. The second kappa shape index (κ2) is 23.5. The smallest absolute Gasteiger partial charge is 0.351 e. The normalized spacial score (nSPS) is 12.6. The first kappa shape index (κ1) is 49.4. The third-order valence-electron chi connectivity index (χ3n) is 6.24. The van der Waals surface area contributed by atoms with Crippen LogP contribution in [-0.2, 0) is 71.5 Å². The molecule has 2 N–H and O–H groups in total. The Hall–Kier alpha value is -3.60. The summed E-state index contributed by atoms with van der Waals surface area (Å²) in [5, 5.41) is 4.93. The van der Waals surface area contributed by atoms with Crippen LogP contribution in [0.3, 0.4) is 0 Å². The number of hydrogen-bond acceptors (Lipinski definition) is 17. The zero-order chi connectivity index (χ0) is 42.3. The maximum absolute atomic E-state index is 14.0. The van der Waals surface area contributed by atoms with Crippen LogP contribution in [0.2, 0.25) is 0 Å². The Bertz CT molecular complexity index is 1710. The molecule has 0 aliphatic rings. The quantitative estimate of drug-likeness (QED) is 0.0919. The molecule has 0 spiro atoms. The van der Waals surface area contributed by atoms with Gasteiger partial charge in [-0.05, 0) is 67.8 Å². The van der Waals surface area contributed by atoms with Gasteiger partial charge in [0.1, 0.15) is 13.2 Å². The summed E-state index contributed by atoms with van der Waals surface area (Å²) >= 11 is 11.4. The molecule has 304 valence electrons. The van der Waals surface area contributed by atoms with Crippen molar-refractivity contribution in [2.24, 2.45) is 0 Å². The summed E-state index contributed by atoms with van der Waals surface area (Å²) < 4.78 is 35.1. The lowest BCUT2D eigenvalue weighted by atomic mass is 10.1. The summed E-state index contributed by atoms with van der Waals surface area (Å²) in [6.45, 7) is 4.32. The van der Waals surface area contributed by atoms with Crippen molar-refractivity contribution >= 4 is 145 Å². The largest absolute Gasteiger partial charge is 0.466 e. The number of amides is 3. The lowest BCUT2D eigenvalue weighted by molar-refractivity contribution is -0.181. The number of rotatable bonds is 18. The average Bonchev–Trinajstić information content (AvgIpc) is 3.06. The number of methoxy groups -OCH3 is 1. The Morgan fingerprint density at radius 1 is 0.636 bits per heavy atom. The molecule has 0 saturated carbocycles. The van der Waals surface area contributed by atoms with Crippen molar-refractivity contribution in [2.75, 3.05) is 38.7 Å². The standard InChI is InChI=1S/C31H35ClI3N3O17/c1-12(39)50-10-18(52-14(3)41)8-36-28(45)20-22(33)21(30(47)38(32)9-19(53-15(4)42)11-51-13(2)40)24(35)25(23(20)34)37-29(46)26(54-16(5)43)27(31(48)49-7)55-17(6)44/h18-19,26-27H,8-11H2,1-7H3,(H,36,45)(H,37,46). The maximum atomic E-state index is 14.0. The summed E-state index contributed by atoms with van der Waals surface area (Å²) in [6.07, 6.45) is -6.66. The molecule has 0 aliphatic heterocycles. The van der Waals surface area contributed by atoms with E-state index in [0.717, 1.165) is 48.7 Å². The van der Waals surface area contributed by atoms with E-state index in [1.54, 1.807) is 67.8 Å².